The average Bonchev–Trinajstić information content (AvgIpc) is 3.00. The number of carbonyl (C=O) groups is 1. The molecular formula is C23H23FN4O4S. The molecule has 0 fully saturated rings. The van der Waals surface area contributed by atoms with E-state index >= 15 is 0 Å². The molecule has 4 rings (SSSR count). The Labute approximate surface area is 191 Å². The van der Waals surface area contributed by atoms with Crippen molar-refractivity contribution < 1.29 is 22.3 Å². The number of anilines is 1. The van der Waals surface area contributed by atoms with Gasteiger partial charge in [0, 0.05) is 47.4 Å². The van der Waals surface area contributed by atoms with Gasteiger partial charge in [-0.05, 0) is 36.2 Å². The Morgan fingerprint density at radius 2 is 1.91 bits per heavy atom. The zero-order valence-electron chi connectivity index (χ0n) is 18.2. The van der Waals surface area contributed by atoms with Crippen LogP contribution in [0.3, 0.4) is 0 Å². The zero-order valence-corrected chi connectivity index (χ0v) is 19.0. The van der Waals surface area contributed by atoms with E-state index in [4.69, 9.17) is 10.5 Å². The molecule has 10 heteroatoms. The molecule has 1 aromatic heterocycles. The van der Waals surface area contributed by atoms with Gasteiger partial charge in [0.2, 0.25) is 5.95 Å². The lowest BCUT2D eigenvalue weighted by molar-refractivity contribution is 0.0731. The van der Waals surface area contributed by atoms with Crippen LogP contribution in [-0.2, 0) is 22.8 Å². The second-order valence-electron chi connectivity index (χ2n) is 7.76. The van der Waals surface area contributed by atoms with Crippen LogP contribution >= 0.6 is 0 Å². The number of aromatic nitrogens is 2. The lowest BCUT2D eigenvalue weighted by Gasteiger charge is -2.22. The predicted octanol–water partition coefficient (Wildman–Crippen LogP) is 2.87. The number of hydrogen-bond donors (Lipinski definition) is 1. The minimum atomic E-state index is -3.75. The van der Waals surface area contributed by atoms with Crippen molar-refractivity contribution in [2.45, 2.75) is 24.8 Å². The molecule has 1 aliphatic heterocycles. The van der Waals surface area contributed by atoms with Crippen LogP contribution in [0.15, 0.2) is 47.6 Å². The number of benzene rings is 2. The van der Waals surface area contributed by atoms with E-state index in [0.717, 1.165) is 29.0 Å². The van der Waals surface area contributed by atoms with Crippen LogP contribution in [0.1, 0.15) is 28.4 Å². The SMILES string of the molecule is CCc1c(C(=O)N2CCOc3ccc(-c4cnc(N)nc4)cc3C2)ccc(S(C)(=O)=O)c1F. The molecule has 0 bridgehead atoms. The third-order valence-electron chi connectivity index (χ3n) is 5.52. The van der Waals surface area contributed by atoms with Crippen LogP contribution in [0.2, 0.25) is 0 Å². The van der Waals surface area contributed by atoms with Gasteiger partial charge in [-0.25, -0.2) is 22.8 Å². The van der Waals surface area contributed by atoms with Crippen molar-refractivity contribution in [3.63, 3.8) is 0 Å². The van der Waals surface area contributed by atoms with E-state index < -0.39 is 20.5 Å². The van der Waals surface area contributed by atoms with Gasteiger partial charge in [0.15, 0.2) is 9.84 Å². The van der Waals surface area contributed by atoms with Crippen LogP contribution in [0.4, 0.5) is 10.3 Å². The highest BCUT2D eigenvalue weighted by atomic mass is 32.2. The molecule has 0 atom stereocenters. The van der Waals surface area contributed by atoms with Crippen molar-refractivity contribution in [1.82, 2.24) is 14.9 Å². The Kier molecular flexibility index (Phi) is 6.03. The third kappa shape index (κ3) is 4.51. The van der Waals surface area contributed by atoms with Gasteiger partial charge in [0.05, 0.1) is 6.54 Å². The molecule has 33 heavy (non-hydrogen) atoms. The Bertz CT molecular complexity index is 1330. The predicted molar refractivity (Wildman–Crippen MR) is 121 cm³/mol. The molecule has 172 valence electrons. The average molecular weight is 471 g/mol. The highest BCUT2D eigenvalue weighted by Crippen LogP contribution is 2.30. The Morgan fingerprint density at radius 1 is 1.18 bits per heavy atom. The zero-order chi connectivity index (χ0) is 23.8. The Balaban J connectivity index is 1.68. The summed E-state index contributed by atoms with van der Waals surface area (Å²) in [6.07, 6.45) is 4.35. The van der Waals surface area contributed by atoms with E-state index in [-0.39, 0.29) is 42.6 Å². The van der Waals surface area contributed by atoms with Gasteiger partial charge in [-0.2, -0.15) is 0 Å². The van der Waals surface area contributed by atoms with E-state index in [1.165, 1.54) is 6.07 Å². The number of sulfone groups is 1. The number of nitrogen functional groups attached to an aromatic ring is 1. The fourth-order valence-electron chi connectivity index (χ4n) is 3.84. The maximum absolute atomic E-state index is 14.9. The van der Waals surface area contributed by atoms with Crippen LogP contribution in [0.25, 0.3) is 11.1 Å². The Morgan fingerprint density at radius 3 is 2.58 bits per heavy atom. The van der Waals surface area contributed by atoms with Gasteiger partial charge in [-0.3, -0.25) is 4.79 Å². The van der Waals surface area contributed by atoms with Crippen molar-refractivity contribution >= 4 is 21.7 Å². The van der Waals surface area contributed by atoms with E-state index in [9.17, 15) is 17.6 Å². The molecular weight excluding hydrogens is 447 g/mol. The van der Waals surface area contributed by atoms with Gasteiger partial charge in [-0.1, -0.05) is 13.0 Å². The number of carbonyl (C=O) groups excluding carboxylic acids is 1. The topological polar surface area (TPSA) is 115 Å². The van der Waals surface area contributed by atoms with E-state index in [1.807, 2.05) is 18.2 Å². The number of fused-ring (bicyclic) bond motifs is 1. The summed E-state index contributed by atoms with van der Waals surface area (Å²) in [7, 11) is -3.75. The van der Waals surface area contributed by atoms with Gasteiger partial charge < -0.3 is 15.4 Å². The summed E-state index contributed by atoms with van der Waals surface area (Å²) in [6.45, 7) is 2.50. The van der Waals surface area contributed by atoms with Crippen molar-refractivity contribution in [2.24, 2.45) is 0 Å². The number of rotatable bonds is 4. The summed E-state index contributed by atoms with van der Waals surface area (Å²) in [5.74, 6) is -0.430. The van der Waals surface area contributed by atoms with Crippen molar-refractivity contribution in [3.8, 4) is 16.9 Å². The van der Waals surface area contributed by atoms with Gasteiger partial charge in [-0.15, -0.1) is 0 Å². The fourth-order valence-corrected chi connectivity index (χ4v) is 4.60. The molecule has 1 aliphatic rings. The van der Waals surface area contributed by atoms with Crippen molar-refractivity contribution in [2.75, 3.05) is 25.1 Å². The van der Waals surface area contributed by atoms with Crippen molar-refractivity contribution in [1.29, 1.82) is 0 Å². The minimum Gasteiger partial charge on any atom is -0.491 e. The minimum absolute atomic E-state index is 0.0843. The lowest BCUT2D eigenvalue weighted by atomic mass is 10.0. The van der Waals surface area contributed by atoms with Crippen LogP contribution in [-0.4, -0.2) is 48.6 Å². The van der Waals surface area contributed by atoms with E-state index in [2.05, 4.69) is 9.97 Å². The molecule has 0 saturated heterocycles. The summed E-state index contributed by atoms with van der Waals surface area (Å²) >= 11 is 0. The molecule has 8 nitrogen and oxygen atoms in total. The highest BCUT2D eigenvalue weighted by Gasteiger charge is 2.27. The summed E-state index contributed by atoms with van der Waals surface area (Å²) in [5.41, 5.74) is 8.18. The van der Waals surface area contributed by atoms with Gasteiger partial charge in [0.1, 0.15) is 23.1 Å². The maximum Gasteiger partial charge on any atom is 0.254 e. The standard InChI is InChI=1S/C23H23FN4O4S/c1-3-17-18(5-7-20(21(17)24)33(2,30)31)22(29)28-8-9-32-19-6-4-14(10-15(19)13-28)16-11-26-23(25)27-12-16/h4-7,10-12H,3,8-9,13H2,1-2H3,(H2,25,26,27). The Hall–Kier alpha value is -3.53. The first-order chi connectivity index (χ1) is 15.7. The number of hydrogen-bond acceptors (Lipinski definition) is 7. The largest absolute Gasteiger partial charge is 0.491 e. The molecule has 0 spiro atoms. The summed E-state index contributed by atoms with van der Waals surface area (Å²) in [6, 6.07) is 8.13. The summed E-state index contributed by atoms with van der Waals surface area (Å²) < 4.78 is 44.5. The highest BCUT2D eigenvalue weighted by molar-refractivity contribution is 7.90. The molecule has 2 aromatic carbocycles. The molecule has 1 amide bonds. The first-order valence-corrected chi connectivity index (χ1v) is 12.2. The maximum atomic E-state index is 14.9. The summed E-state index contributed by atoms with van der Waals surface area (Å²) in [5, 5.41) is 0. The molecule has 0 saturated carbocycles. The first kappa shape index (κ1) is 22.7. The molecule has 2 heterocycles. The van der Waals surface area contributed by atoms with E-state index in [1.54, 1.807) is 24.2 Å². The third-order valence-corrected chi connectivity index (χ3v) is 6.64. The van der Waals surface area contributed by atoms with Crippen LogP contribution in [0.5, 0.6) is 5.75 Å². The first-order valence-electron chi connectivity index (χ1n) is 10.3. The van der Waals surface area contributed by atoms with Gasteiger partial charge in [0.25, 0.3) is 5.91 Å². The van der Waals surface area contributed by atoms with Crippen molar-refractivity contribution in [3.05, 3.63) is 65.2 Å². The van der Waals surface area contributed by atoms with Crippen LogP contribution < -0.4 is 10.5 Å². The number of nitrogens with zero attached hydrogens (tertiary/aromatic N) is 3. The summed E-state index contributed by atoms with van der Waals surface area (Å²) in [4.78, 5) is 22.6. The quantitative estimate of drug-likeness (QED) is 0.623. The number of amides is 1. The smallest absolute Gasteiger partial charge is 0.254 e. The van der Waals surface area contributed by atoms with Crippen LogP contribution in [0, 0.1) is 5.82 Å². The lowest BCUT2D eigenvalue weighted by Crippen LogP contribution is -2.33. The number of nitrogens with two attached hydrogens (primary N) is 1. The fraction of sp³-hybridized carbons (Fsp3) is 0.261. The number of halogens is 1. The normalized spacial score (nSPS) is 13.7. The van der Waals surface area contributed by atoms with Gasteiger partial charge >= 0.3 is 0 Å². The molecule has 0 aliphatic carbocycles. The second-order valence-corrected chi connectivity index (χ2v) is 9.74. The monoisotopic (exact) mass is 470 g/mol. The molecule has 0 unspecified atom stereocenters. The second kappa shape index (κ2) is 8.78. The molecule has 0 radical (unpaired) electrons. The van der Waals surface area contributed by atoms with E-state index in [0.29, 0.717) is 12.3 Å². The number of ether oxygens (including phenoxy) is 1. The molecule has 3 aromatic rings. The molecule has 2 N–H and O–H groups in total.